The summed E-state index contributed by atoms with van der Waals surface area (Å²) in [5.41, 5.74) is 10.3. The first-order valence-electron chi connectivity index (χ1n) is 30.9. The molecule has 0 aliphatic carbocycles. The van der Waals surface area contributed by atoms with Gasteiger partial charge in [0.2, 0.25) is 24.6 Å². The maximum atomic E-state index is 12.3. The van der Waals surface area contributed by atoms with E-state index in [0.717, 1.165) is 42.5 Å². The minimum absolute atomic E-state index is 0.0417. The molecule has 0 radical (unpaired) electrons. The van der Waals surface area contributed by atoms with Crippen LogP contribution in [0.15, 0.2) is 158 Å². The van der Waals surface area contributed by atoms with Gasteiger partial charge in [0.25, 0.3) is 0 Å². The molecule has 0 aromatic heterocycles. The van der Waals surface area contributed by atoms with Crippen molar-refractivity contribution < 1.29 is 38.4 Å². The van der Waals surface area contributed by atoms with Crippen LogP contribution < -0.4 is 43.0 Å². The van der Waals surface area contributed by atoms with Crippen LogP contribution in [-0.2, 0) is 35.3 Å². The summed E-state index contributed by atoms with van der Waals surface area (Å²) in [5.74, 6) is -0.558. The molecular weight excluding hydrogens is 1140 g/mol. The molecule has 0 saturated carbocycles. The number of allylic oxidation sites excluding steroid dienone is 2. The van der Waals surface area contributed by atoms with Gasteiger partial charge in [-0.1, -0.05) is 160 Å². The van der Waals surface area contributed by atoms with Crippen LogP contribution in [0.3, 0.4) is 0 Å². The Labute approximate surface area is 540 Å². The number of nitrogens with zero attached hydrogens (tertiary/aromatic N) is 4. The van der Waals surface area contributed by atoms with E-state index >= 15 is 0 Å². The van der Waals surface area contributed by atoms with Gasteiger partial charge in [0.15, 0.2) is 0 Å². The first-order valence-corrected chi connectivity index (χ1v) is 30.9. The zero-order chi connectivity index (χ0) is 68.3. The highest BCUT2D eigenvalue weighted by Crippen LogP contribution is 2.25. The predicted octanol–water partition coefficient (Wildman–Crippen LogP) is 8.60. The highest BCUT2D eigenvalue weighted by atomic mass is 16.2. The molecule has 90 heavy (non-hydrogen) atoms. The second-order valence-electron chi connectivity index (χ2n) is 20.4. The summed E-state index contributed by atoms with van der Waals surface area (Å²) in [6, 6.07) is 41.8. The lowest BCUT2D eigenvalue weighted by Gasteiger charge is -2.27. The van der Waals surface area contributed by atoms with E-state index in [1.165, 1.54) is 49.9 Å². The topological polar surface area (TPSA) is 260 Å². The first kappa shape index (κ1) is 86.1. The number of primary amides is 1. The number of carbonyl (C=O) groups is 8. The SMILES string of the molecule is C=C/C=C(\C=C)C(NC=O)c1ccccc1.C=O.CCC(N)=O.CCN(CCC1CCC(C)N1C)C(=O)NCc1ccccc1.CCNC(=O)N(CC)CCC=O.CN1CCCC1.CNC.CNC(C)C(=O)NC=O.CNC(c1ccccc1)c1ccccc1. The molecule has 4 atom stereocenters. The molecule has 20 heteroatoms. The third-order valence-corrected chi connectivity index (χ3v) is 13.9. The van der Waals surface area contributed by atoms with Crippen LogP contribution >= 0.6 is 0 Å². The van der Waals surface area contributed by atoms with Gasteiger partial charge in [-0.05, 0) is 150 Å². The number of hydrogen-bond donors (Lipinski definition) is 8. The van der Waals surface area contributed by atoms with E-state index < -0.39 is 0 Å². The molecule has 4 unspecified atom stereocenters. The number of likely N-dealkylation sites (tertiary alicyclic amines) is 2. The number of nitrogens with two attached hydrogens (primary N) is 1. The normalized spacial score (nSPS) is 14.1. The molecule has 2 fully saturated rings. The number of carbonyl (C=O) groups excluding carboxylic acids is 8. The number of amides is 8. The molecule has 500 valence electrons. The summed E-state index contributed by atoms with van der Waals surface area (Å²) >= 11 is 0. The Morgan fingerprint density at radius 3 is 1.50 bits per heavy atom. The molecule has 4 aromatic rings. The number of rotatable bonds is 24. The van der Waals surface area contributed by atoms with Crippen molar-refractivity contribution in [1.29, 1.82) is 0 Å². The lowest BCUT2D eigenvalue weighted by molar-refractivity contribution is -0.126. The number of benzene rings is 4. The smallest absolute Gasteiger partial charge is 0.317 e. The maximum absolute atomic E-state index is 12.3. The van der Waals surface area contributed by atoms with Crippen LogP contribution in [0, 0.1) is 0 Å². The van der Waals surface area contributed by atoms with Gasteiger partial charge in [-0.2, -0.15) is 0 Å². The molecular formula is C70H112N12O8. The molecule has 2 aliphatic rings. The molecule has 0 bridgehead atoms. The van der Waals surface area contributed by atoms with E-state index in [1.54, 1.807) is 37.9 Å². The number of nitrogens with one attached hydrogen (secondary N) is 7. The van der Waals surface area contributed by atoms with Gasteiger partial charge in [-0.15, -0.1) is 0 Å². The lowest BCUT2D eigenvalue weighted by Crippen LogP contribution is -2.42. The Hall–Kier alpha value is -8.14. The van der Waals surface area contributed by atoms with Gasteiger partial charge in [0.05, 0.1) is 18.1 Å². The monoisotopic (exact) mass is 1250 g/mol. The molecule has 20 nitrogen and oxygen atoms in total. The summed E-state index contributed by atoms with van der Waals surface area (Å²) in [7, 11) is 11.8. The van der Waals surface area contributed by atoms with Crippen molar-refractivity contribution in [3.05, 3.63) is 181 Å². The van der Waals surface area contributed by atoms with Crippen molar-refractivity contribution in [2.45, 2.75) is 123 Å². The molecule has 4 aromatic carbocycles. The lowest BCUT2D eigenvalue weighted by atomic mass is 9.98. The second kappa shape index (κ2) is 58.5. The fourth-order valence-electron chi connectivity index (χ4n) is 8.54. The molecule has 0 spiro atoms. The Morgan fingerprint density at radius 1 is 0.678 bits per heavy atom. The van der Waals surface area contributed by atoms with Gasteiger partial charge in [0.1, 0.15) is 13.1 Å². The number of imide groups is 1. The van der Waals surface area contributed by atoms with Crippen molar-refractivity contribution in [2.24, 2.45) is 5.73 Å². The fourth-order valence-corrected chi connectivity index (χ4v) is 8.54. The Morgan fingerprint density at radius 2 is 1.14 bits per heavy atom. The van der Waals surface area contributed by atoms with Gasteiger partial charge >= 0.3 is 12.1 Å². The maximum Gasteiger partial charge on any atom is 0.317 e. The molecule has 6 rings (SSSR count). The third-order valence-electron chi connectivity index (χ3n) is 13.9. The quantitative estimate of drug-likeness (QED) is 0.0242. The molecule has 8 amide bonds. The second-order valence-corrected chi connectivity index (χ2v) is 20.4. The molecule has 2 heterocycles. The minimum Gasteiger partial charge on any atom is -0.370 e. The summed E-state index contributed by atoms with van der Waals surface area (Å²) in [6.07, 6.45) is 14.4. The largest absolute Gasteiger partial charge is 0.370 e. The Balaban J connectivity index is -0.00000101. The zero-order valence-electron chi connectivity index (χ0n) is 56.3. The summed E-state index contributed by atoms with van der Waals surface area (Å²) in [4.78, 5) is 90.3. The van der Waals surface area contributed by atoms with E-state index in [-0.39, 0.29) is 42.0 Å². The average Bonchev–Trinajstić information content (AvgIpc) is 2.39. The zero-order valence-corrected chi connectivity index (χ0v) is 56.3. The number of hydrogen-bond acceptors (Lipinski definition) is 13. The van der Waals surface area contributed by atoms with Crippen LogP contribution in [0.2, 0.25) is 0 Å². The van der Waals surface area contributed by atoms with Crippen molar-refractivity contribution in [3.63, 3.8) is 0 Å². The third kappa shape index (κ3) is 41.1. The van der Waals surface area contributed by atoms with Crippen LogP contribution in [0.5, 0.6) is 0 Å². The number of aldehydes is 1. The standard InChI is InChI=1S/C18H29N3O.C14H15NO.C14H15N.C8H16N2O2.C5H10N2O2.C5H11N.C3H7NO.C2H7N.CH2O/c1-4-21(13-12-17-11-10-15(2)20(17)3)18(22)19-14-16-8-6-5-7-9-16;1-3-8-12(4-2)14(15-11-16)13-9-6-5-7-10-13;1-15-14(12-8-4-2-5-9-12)13-10-6-3-7-11-13;1-3-9-8(12)10(4-2)6-5-7-11;1-4(6-2)5(9)7-3-8;1-6-4-2-3-5-6;1-2-3(4)5;1-3-2;1-2/h5-9,15,17H,4,10-14H2,1-3H3,(H,19,22);3-11,14H,1-2H2,(H,15,16);2-11,14-15H,1H3;7H,3-6H2,1-2H3,(H,9,12);3-4,6H,1-2H3,(H,7,8,9);2-5H2,1H3;2H2,1H3,(H2,4,5);3H,1-2H3;1H2/b;12-8+;;;;;;;. The summed E-state index contributed by atoms with van der Waals surface area (Å²) in [6.45, 7) is 27.4. The van der Waals surface area contributed by atoms with E-state index in [1.807, 2.05) is 138 Å². The Kier molecular flexibility index (Phi) is 56.0. The first-order chi connectivity index (χ1) is 43.4. The van der Waals surface area contributed by atoms with Gasteiger partial charge in [0, 0.05) is 64.2 Å². The average molecular weight is 1250 g/mol. The van der Waals surface area contributed by atoms with Crippen molar-refractivity contribution in [2.75, 3.05) is 88.1 Å². The van der Waals surface area contributed by atoms with Gasteiger partial charge < -0.3 is 66.8 Å². The van der Waals surface area contributed by atoms with Crippen molar-refractivity contribution >= 4 is 49.8 Å². The molecule has 2 saturated heterocycles. The van der Waals surface area contributed by atoms with Crippen LogP contribution in [-0.4, -0.2) is 176 Å². The number of likely N-dealkylation sites (N-methyl/N-ethyl adjacent to an activating group) is 1. The summed E-state index contributed by atoms with van der Waals surface area (Å²) < 4.78 is 0. The van der Waals surface area contributed by atoms with Crippen molar-refractivity contribution in [3.8, 4) is 0 Å². The van der Waals surface area contributed by atoms with E-state index in [4.69, 9.17) is 4.79 Å². The van der Waals surface area contributed by atoms with Crippen molar-refractivity contribution in [1.82, 2.24) is 56.8 Å². The van der Waals surface area contributed by atoms with E-state index in [9.17, 15) is 33.6 Å². The van der Waals surface area contributed by atoms with Crippen LogP contribution in [0.25, 0.3) is 0 Å². The van der Waals surface area contributed by atoms with E-state index in [0.29, 0.717) is 63.9 Å². The van der Waals surface area contributed by atoms with Crippen LogP contribution in [0.1, 0.15) is 121 Å². The van der Waals surface area contributed by atoms with E-state index in [2.05, 4.69) is 130 Å². The highest BCUT2D eigenvalue weighted by Gasteiger charge is 2.27. The summed E-state index contributed by atoms with van der Waals surface area (Å²) in [5, 5.41) is 19.2. The van der Waals surface area contributed by atoms with Gasteiger partial charge in [-0.25, -0.2) is 9.59 Å². The molecule has 9 N–H and O–H groups in total. The minimum atomic E-state index is -0.312. The van der Waals surface area contributed by atoms with Crippen LogP contribution in [0.4, 0.5) is 9.59 Å². The molecule has 2 aliphatic heterocycles. The van der Waals surface area contributed by atoms with Gasteiger partial charge in [-0.3, -0.25) is 24.5 Å². The highest BCUT2D eigenvalue weighted by molar-refractivity contribution is 5.89. The fraction of sp³-hybridized carbons (Fsp3) is 0.457. The Bertz CT molecular complexity index is 2450. The predicted molar refractivity (Wildman–Crippen MR) is 369 cm³/mol. The number of urea groups is 2.